The lowest BCUT2D eigenvalue weighted by Gasteiger charge is -2.26. The second-order valence-corrected chi connectivity index (χ2v) is 6.32. The van der Waals surface area contributed by atoms with Gasteiger partial charge in [-0.25, -0.2) is 4.39 Å². The largest absolute Gasteiger partial charge is 0.376 e. The number of carbonyl (C=O) groups excluding carboxylic acids is 2. The fourth-order valence-electron chi connectivity index (χ4n) is 2.98. The summed E-state index contributed by atoms with van der Waals surface area (Å²) in [5.41, 5.74) is 1.43. The summed E-state index contributed by atoms with van der Waals surface area (Å²) in [6.07, 6.45) is 3.25. The molecule has 0 spiro atoms. The van der Waals surface area contributed by atoms with Crippen LogP contribution < -0.4 is 10.6 Å². The Balaban J connectivity index is 1.57. The average Bonchev–Trinajstić information content (AvgIpc) is 2.68. The maximum Gasteiger partial charge on any atom is 0.253 e. The van der Waals surface area contributed by atoms with Crippen LogP contribution in [0.25, 0.3) is 0 Å². The van der Waals surface area contributed by atoms with E-state index < -0.39 is 5.82 Å². The molecule has 5 nitrogen and oxygen atoms in total. The monoisotopic (exact) mass is 355 g/mol. The Labute approximate surface area is 152 Å². The number of rotatable bonds is 5. The van der Waals surface area contributed by atoms with E-state index >= 15 is 0 Å². The van der Waals surface area contributed by atoms with E-state index in [4.69, 9.17) is 0 Å². The van der Waals surface area contributed by atoms with Crippen molar-refractivity contribution in [3.05, 3.63) is 59.9 Å². The van der Waals surface area contributed by atoms with Crippen molar-refractivity contribution in [2.24, 2.45) is 0 Å². The molecule has 1 aliphatic heterocycles. The molecular formula is C20H22FN3O2. The molecule has 0 saturated carbocycles. The molecule has 0 aliphatic carbocycles. The fraction of sp³-hybridized carbons (Fsp3) is 0.300. The molecule has 0 atom stereocenters. The maximum atomic E-state index is 13.6. The van der Waals surface area contributed by atoms with E-state index in [1.807, 2.05) is 4.90 Å². The second-order valence-electron chi connectivity index (χ2n) is 6.32. The molecule has 0 aromatic heterocycles. The van der Waals surface area contributed by atoms with Crippen LogP contribution in [0.1, 0.15) is 29.6 Å². The van der Waals surface area contributed by atoms with Gasteiger partial charge in [-0.1, -0.05) is 18.2 Å². The van der Waals surface area contributed by atoms with Crippen molar-refractivity contribution in [2.45, 2.75) is 19.3 Å². The smallest absolute Gasteiger partial charge is 0.253 e. The van der Waals surface area contributed by atoms with Gasteiger partial charge in [-0.15, -0.1) is 0 Å². The van der Waals surface area contributed by atoms with E-state index in [1.165, 1.54) is 18.6 Å². The molecule has 1 aliphatic rings. The van der Waals surface area contributed by atoms with Gasteiger partial charge in [0.15, 0.2) is 0 Å². The zero-order chi connectivity index (χ0) is 18.4. The number of likely N-dealkylation sites (tertiary alicyclic amines) is 1. The zero-order valence-corrected chi connectivity index (χ0v) is 14.5. The molecule has 2 amide bonds. The van der Waals surface area contributed by atoms with Crippen molar-refractivity contribution in [2.75, 3.05) is 30.3 Å². The Morgan fingerprint density at radius 2 is 1.77 bits per heavy atom. The molecule has 26 heavy (non-hydrogen) atoms. The van der Waals surface area contributed by atoms with Gasteiger partial charge in [0, 0.05) is 24.3 Å². The van der Waals surface area contributed by atoms with Crippen LogP contribution in [-0.4, -0.2) is 36.3 Å². The van der Waals surface area contributed by atoms with Crippen LogP contribution in [0.15, 0.2) is 48.5 Å². The van der Waals surface area contributed by atoms with Gasteiger partial charge in [-0.2, -0.15) is 0 Å². The summed E-state index contributed by atoms with van der Waals surface area (Å²) in [4.78, 5) is 26.4. The minimum Gasteiger partial charge on any atom is -0.376 e. The van der Waals surface area contributed by atoms with E-state index in [2.05, 4.69) is 10.6 Å². The minimum absolute atomic E-state index is 0.0177. The van der Waals surface area contributed by atoms with Crippen molar-refractivity contribution < 1.29 is 14.0 Å². The van der Waals surface area contributed by atoms with Gasteiger partial charge >= 0.3 is 0 Å². The number of anilines is 2. The molecule has 2 N–H and O–H groups in total. The summed E-state index contributed by atoms with van der Waals surface area (Å²) in [7, 11) is 0. The van der Waals surface area contributed by atoms with E-state index in [9.17, 15) is 14.0 Å². The fourth-order valence-corrected chi connectivity index (χ4v) is 2.98. The van der Waals surface area contributed by atoms with Crippen molar-refractivity contribution in [1.29, 1.82) is 0 Å². The van der Waals surface area contributed by atoms with Gasteiger partial charge in [-0.3, -0.25) is 9.59 Å². The first kappa shape index (κ1) is 17.9. The third kappa shape index (κ3) is 4.59. The highest BCUT2D eigenvalue weighted by Crippen LogP contribution is 2.17. The number of para-hydroxylation sites is 1. The number of piperidine rings is 1. The van der Waals surface area contributed by atoms with Gasteiger partial charge < -0.3 is 15.5 Å². The maximum absolute atomic E-state index is 13.6. The first-order valence-corrected chi connectivity index (χ1v) is 8.81. The predicted octanol–water partition coefficient (Wildman–Crippen LogP) is 3.50. The topological polar surface area (TPSA) is 61.4 Å². The lowest BCUT2D eigenvalue weighted by Crippen LogP contribution is -2.35. The average molecular weight is 355 g/mol. The Kier molecular flexibility index (Phi) is 5.84. The first-order valence-electron chi connectivity index (χ1n) is 8.81. The molecule has 2 aromatic carbocycles. The Morgan fingerprint density at radius 3 is 2.54 bits per heavy atom. The first-order chi connectivity index (χ1) is 12.6. The molecule has 3 rings (SSSR count). The molecular weight excluding hydrogens is 333 g/mol. The quantitative estimate of drug-likeness (QED) is 0.863. The highest BCUT2D eigenvalue weighted by Gasteiger charge is 2.18. The van der Waals surface area contributed by atoms with Gasteiger partial charge in [0.25, 0.3) is 5.91 Å². The van der Waals surface area contributed by atoms with Gasteiger partial charge in [0.2, 0.25) is 5.91 Å². The number of hydrogen-bond donors (Lipinski definition) is 2. The van der Waals surface area contributed by atoms with E-state index in [0.29, 0.717) is 11.3 Å². The lowest BCUT2D eigenvalue weighted by molar-refractivity contribution is -0.114. The summed E-state index contributed by atoms with van der Waals surface area (Å²) in [5.74, 6) is -0.818. The molecule has 1 saturated heterocycles. The normalized spacial score (nSPS) is 14.0. The summed E-state index contributed by atoms with van der Waals surface area (Å²) < 4.78 is 13.6. The number of nitrogens with one attached hydrogen (secondary N) is 2. The Hall–Kier alpha value is -2.89. The van der Waals surface area contributed by atoms with Crippen LogP contribution in [0.5, 0.6) is 0 Å². The van der Waals surface area contributed by atoms with Gasteiger partial charge in [-0.05, 0) is 49.6 Å². The second kappa shape index (κ2) is 8.47. The summed E-state index contributed by atoms with van der Waals surface area (Å²) in [6, 6.07) is 13.1. The summed E-state index contributed by atoms with van der Waals surface area (Å²) in [6.45, 7) is 1.57. The highest BCUT2D eigenvalue weighted by atomic mass is 19.1. The van der Waals surface area contributed by atoms with Gasteiger partial charge in [0.05, 0.1) is 12.2 Å². The molecule has 6 heteroatoms. The van der Waals surface area contributed by atoms with Crippen molar-refractivity contribution in [1.82, 2.24) is 4.90 Å². The van der Waals surface area contributed by atoms with Crippen LogP contribution in [0.2, 0.25) is 0 Å². The molecule has 0 radical (unpaired) electrons. The zero-order valence-electron chi connectivity index (χ0n) is 14.5. The van der Waals surface area contributed by atoms with Crippen molar-refractivity contribution in [3.8, 4) is 0 Å². The predicted molar refractivity (Wildman–Crippen MR) is 99.7 cm³/mol. The molecule has 1 heterocycles. The third-order valence-electron chi connectivity index (χ3n) is 4.35. The van der Waals surface area contributed by atoms with Crippen LogP contribution in [0, 0.1) is 5.82 Å². The number of benzene rings is 2. The third-order valence-corrected chi connectivity index (χ3v) is 4.35. The van der Waals surface area contributed by atoms with Crippen LogP contribution >= 0.6 is 0 Å². The number of carbonyl (C=O) groups is 2. The highest BCUT2D eigenvalue weighted by molar-refractivity contribution is 5.96. The number of amides is 2. The Morgan fingerprint density at radius 1 is 1.00 bits per heavy atom. The van der Waals surface area contributed by atoms with Crippen molar-refractivity contribution >= 4 is 23.2 Å². The summed E-state index contributed by atoms with van der Waals surface area (Å²) in [5, 5.41) is 5.50. The molecule has 1 fully saturated rings. The van der Waals surface area contributed by atoms with Crippen LogP contribution in [0.4, 0.5) is 15.8 Å². The van der Waals surface area contributed by atoms with Gasteiger partial charge in [0.1, 0.15) is 5.82 Å². The lowest BCUT2D eigenvalue weighted by atomic mass is 10.1. The van der Waals surface area contributed by atoms with Crippen LogP contribution in [-0.2, 0) is 4.79 Å². The SMILES string of the molecule is O=C(CNc1cccc(C(=O)N2CCCCC2)c1)Nc1ccccc1F. The molecule has 136 valence electrons. The minimum atomic E-state index is -0.477. The molecule has 0 bridgehead atoms. The van der Waals surface area contributed by atoms with E-state index in [0.717, 1.165) is 25.9 Å². The molecule has 0 unspecified atom stereocenters. The number of halogens is 1. The van der Waals surface area contributed by atoms with Crippen LogP contribution in [0.3, 0.4) is 0 Å². The number of nitrogens with zero attached hydrogens (tertiary/aromatic N) is 1. The number of hydrogen-bond acceptors (Lipinski definition) is 3. The molecule has 2 aromatic rings. The van der Waals surface area contributed by atoms with Crippen molar-refractivity contribution in [3.63, 3.8) is 0 Å². The standard InChI is InChI=1S/C20H22FN3O2/c21-17-9-2-3-10-18(17)23-19(25)14-22-16-8-6-7-15(13-16)20(26)24-11-4-1-5-12-24/h2-3,6-10,13,22H,1,4-5,11-12,14H2,(H,23,25). The van der Waals surface area contributed by atoms with E-state index in [1.54, 1.807) is 36.4 Å². The van der Waals surface area contributed by atoms with E-state index in [-0.39, 0.29) is 24.0 Å². The Bertz CT molecular complexity index is 788. The summed E-state index contributed by atoms with van der Waals surface area (Å²) >= 11 is 0.